The van der Waals surface area contributed by atoms with E-state index >= 15 is 0 Å². The molecular weight excluding hydrogens is 466 g/mol. The lowest BCUT2D eigenvalue weighted by molar-refractivity contribution is -0.162. The maximum atomic E-state index is 13.9. The minimum atomic E-state index is -5.19. The van der Waals surface area contributed by atoms with Crippen molar-refractivity contribution in [3.8, 4) is 6.07 Å². The van der Waals surface area contributed by atoms with E-state index < -0.39 is 40.9 Å². The first kappa shape index (κ1) is 28.7. The first-order valence-electron chi connectivity index (χ1n) is 11.8. The average Bonchev–Trinajstić information content (AvgIpc) is 2.79. The second-order valence-electron chi connectivity index (χ2n) is 9.01. The molecule has 0 fully saturated rings. The van der Waals surface area contributed by atoms with Crippen LogP contribution in [0.1, 0.15) is 86.6 Å². The van der Waals surface area contributed by atoms with Crippen molar-refractivity contribution in [3.63, 3.8) is 0 Å². The van der Waals surface area contributed by atoms with E-state index in [-0.39, 0.29) is 18.0 Å². The molecule has 0 aromatic heterocycles. The molecule has 0 saturated carbocycles. The van der Waals surface area contributed by atoms with Crippen LogP contribution >= 0.6 is 0 Å². The van der Waals surface area contributed by atoms with Gasteiger partial charge >= 0.3 is 12.4 Å². The van der Waals surface area contributed by atoms with Crippen LogP contribution in [0.25, 0.3) is 0 Å². The highest BCUT2D eigenvalue weighted by Crippen LogP contribution is 2.46. The lowest BCUT2D eigenvalue weighted by Crippen LogP contribution is -2.34. The van der Waals surface area contributed by atoms with Crippen LogP contribution in [0.5, 0.6) is 0 Å². The minimum Gasteiger partial charge on any atom is -0.296 e. The monoisotopic (exact) mass is 498 g/mol. The van der Waals surface area contributed by atoms with Gasteiger partial charge in [0.25, 0.3) is 0 Å². The van der Waals surface area contributed by atoms with Crippen LogP contribution in [0, 0.1) is 11.3 Å². The maximum absolute atomic E-state index is 13.9. The molecule has 0 heterocycles. The summed E-state index contributed by atoms with van der Waals surface area (Å²) >= 11 is 0. The SMILES string of the molecule is CCC(CCC(C#N)c1ccc(C(F)(F)F)c(C(F)(F)F)c1C(C)C)N(CC)Cc1ccccc1. The second-order valence-corrected chi connectivity index (χ2v) is 9.01. The molecule has 0 bridgehead atoms. The van der Waals surface area contributed by atoms with Crippen molar-refractivity contribution in [1.82, 2.24) is 4.90 Å². The van der Waals surface area contributed by atoms with E-state index in [4.69, 9.17) is 0 Å². The van der Waals surface area contributed by atoms with Crippen LogP contribution < -0.4 is 0 Å². The molecule has 0 aliphatic carbocycles. The summed E-state index contributed by atoms with van der Waals surface area (Å²) < 4.78 is 82.1. The first-order chi connectivity index (χ1) is 16.3. The quantitative estimate of drug-likeness (QED) is 0.307. The van der Waals surface area contributed by atoms with E-state index in [0.717, 1.165) is 24.6 Å². The van der Waals surface area contributed by atoms with E-state index in [1.807, 2.05) is 44.2 Å². The fourth-order valence-electron chi connectivity index (χ4n) is 4.71. The van der Waals surface area contributed by atoms with Crippen LogP contribution in [0.3, 0.4) is 0 Å². The zero-order valence-electron chi connectivity index (χ0n) is 20.5. The normalized spacial score (nSPS) is 14.3. The summed E-state index contributed by atoms with van der Waals surface area (Å²) in [6.07, 6.45) is -8.78. The average molecular weight is 499 g/mol. The van der Waals surface area contributed by atoms with Crippen molar-refractivity contribution in [2.45, 2.75) is 83.7 Å². The molecule has 192 valence electrons. The molecule has 8 heteroatoms. The van der Waals surface area contributed by atoms with Crippen LogP contribution in [0.2, 0.25) is 0 Å². The third kappa shape index (κ3) is 7.23. The summed E-state index contributed by atoms with van der Waals surface area (Å²) in [5, 5.41) is 9.86. The van der Waals surface area contributed by atoms with Crippen molar-refractivity contribution < 1.29 is 26.3 Å². The van der Waals surface area contributed by atoms with Crippen molar-refractivity contribution in [1.29, 1.82) is 5.26 Å². The molecule has 0 spiro atoms. The molecule has 35 heavy (non-hydrogen) atoms. The van der Waals surface area contributed by atoms with Crippen molar-refractivity contribution >= 4 is 0 Å². The molecule has 0 saturated heterocycles. The van der Waals surface area contributed by atoms with Crippen LogP contribution in [-0.4, -0.2) is 17.5 Å². The first-order valence-corrected chi connectivity index (χ1v) is 11.8. The molecule has 0 N–H and O–H groups in total. The van der Waals surface area contributed by atoms with E-state index in [2.05, 4.69) is 11.0 Å². The zero-order valence-corrected chi connectivity index (χ0v) is 20.5. The fraction of sp³-hybridized carbons (Fsp3) is 0.519. The number of benzene rings is 2. The van der Waals surface area contributed by atoms with Crippen LogP contribution in [0.4, 0.5) is 26.3 Å². The van der Waals surface area contributed by atoms with Gasteiger partial charge in [-0.15, -0.1) is 0 Å². The molecule has 2 aromatic carbocycles. The smallest absolute Gasteiger partial charge is 0.296 e. The highest BCUT2D eigenvalue weighted by molar-refractivity contribution is 5.48. The number of halogens is 6. The summed E-state index contributed by atoms with van der Waals surface area (Å²) in [5.41, 5.74) is -2.67. The summed E-state index contributed by atoms with van der Waals surface area (Å²) in [4.78, 5) is 2.25. The molecule has 2 nitrogen and oxygen atoms in total. The van der Waals surface area contributed by atoms with Gasteiger partial charge in [-0.1, -0.05) is 64.1 Å². The van der Waals surface area contributed by atoms with E-state index in [1.54, 1.807) is 0 Å². The van der Waals surface area contributed by atoms with Gasteiger partial charge in [0.15, 0.2) is 0 Å². The van der Waals surface area contributed by atoms with Crippen molar-refractivity contribution in [2.24, 2.45) is 0 Å². The molecule has 2 aromatic rings. The van der Waals surface area contributed by atoms with Gasteiger partial charge in [0, 0.05) is 12.6 Å². The van der Waals surface area contributed by atoms with Gasteiger partial charge in [-0.2, -0.15) is 31.6 Å². The number of nitriles is 1. The standard InChI is InChI=1S/C27H32F6N2/c1-5-21(35(6-2)17-19-10-8-7-9-11-19)13-12-20(16-34)22-14-15-23(26(28,29)30)25(27(31,32)33)24(22)18(3)4/h7-11,14-15,18,20-21H,5-6,12-13,17H2,1-4H3. The van der Waals surface area contributed by atoms with Crippen LogP contribution in [0.15, 0.2) is 42.5 Å². The van der Waals surface area contributed by atoms with Gasteiger partial charge in [-0.3, -0.25) is 4.90 Å². The molecule has 0 radical (unpaired) electrons. The number of rotatable bonds is 10. The number of alkyl halides is 6. The van der Waals surface area contributed by atoms with Crippen molar-refractivity contribution in [3.05, 3.63) is 70.3 Å². The highest BCUT2D eigenvalue weighted by Gasteiger charge is 2.46. The Labute approximate surface area is 203 Å². The predicted molar refractivity (Wildman–Crippen MR) is 125 cm³/mol. The number of hydrogen-bond donors (Lipinski definition) is 0. The van der Waals surface area contributed by atoms with E-state index in [0.29, 0.717) is 19.0 Å². The Morgan fingerprint density at radius 1 is 0.886 bits per heavy atom. The number of hydrogen-bond acceptors (Lipinski definition) is 2. The van der Waals surface area contributed by atoms with E-state index in [1.165, 1.54) is 13.8 Å². The minimum absolute atomic E-state index is 0.0313. The molecule has 2 atom stereocenters. The topological polar surface area (TPSA) is 27.0 Å². The van der Waals surface area contributed by atoms with E-state index in [9.17, 15) is 31.6 Å². The molecule has 2 rings (SSSR count). The lowest BCUT2D eigenvalue weighted by Gasteiger charge is -2.31. The summed E-state index contributed by atoms with van der Waals surface area (Å²) in [6, 6.07) is 13.5. The second kappa shape index (κ2) is 11.9. The third-order valence-corrected chi connectivity index (χ3v) is 6.39. The van der Waals surface area contributed by atoms with Gasteiger partial charge in [0.1, 0.15) is 0 Å². The third-order valence-electron chi connectivity index (χ3n) is 6.39. The molecule has 0 amide bonds. The molecule has 2 unspecified atom stereocenters. The van der Waals surface area contributed by atoms with Gasteiger partial charge in [-0.25, -0.2) is 0 Å². The highest BCUT2D eigenvalue weighted by atomic mass is 19.4. The molecule has 0 aliphatic rings. The van der Waals surface area contributed by atoms with Gasteiger partial charge < -0.3 is 0 Å². The summed E-state index contributed by atoms with van der Waals surface area (Å²) in [7, 11) is 0. The van der Waals surface area contributed by atoms with Crippen LogP contribution in [-0.2, 0) is 18.9 Å². The van der Waals surface area contributed by atoms with Gasteiger partial charge in [0.05, 0.1) is 23.1 Å². The predicted octanol–water partition coefficient (Wildman–Crippen LogP) is 8.54. The maximum Gasteiger partial charge on any atom is 0.417 e. The Kier molecular flexibility index (Phi) is 9.79. The Morgan fingerprint density at radius 2 is 1.51 bits per heavy atom. The zero-order chi connectivity index (χ0) is 26.4. The Bertz CT molecular complexity index is 990. The Balaban J connectivity index is 2.40. The van der Waals surface area contributed by atoms with Gasteiger partial charge in [-0.05, 0) is 54.5 Å². The Morgan fingerprint density at radius 3 is 1.97 bits per heavy atom. The Hall–Kier alpha value is -2.53. The number of nitrogens with zero attached hydrogens (tertiary/aromatic N) is 2. The lowest BCUT2D eigenvalue weighted by atomic mass is 9.81. The molecular formula is C27H32F6N2. The summed E-state index contributed by atoms with van der Waals surface area (Å²) in [6.45, 7) is 8.34. The summed E-state index contributed by atoms with van der Waals surface area (Å²) in [5.74, 6) is -1.78. The largest absolute Gasteiger partial charge is 0.417 e. The molecule has 0 aliphatic heterocycles. The van der Waals surface area contributed by atoms with Crippen molar-refractivity contribution in [2.75, 3.05) is 6.54 Å². The fourth-order valence-corrected chi connectivity index (χ4v) is 4.71. The van der Waals surface area contributed by atoms with Gasteiger partial charge in [0.2, 0.25) is 0 Å².